The molecule has 0 radical (unpaired) electrons. The molecular formula is C33H26O9. The monoisotopic (exact) mass is 566 g/mol. The van der Waals surface area contributed by atoms with E-state index in [0.29, 0.717) is 5.56 Å². The molecule has 1 saturated carbocycles. The van der Waals surface area contributed by atoms with E-state index >= 15 is 0 Å². The molecule has 2 fully saturated rings. The first-order valence-electron chi connectivity index (χ1n) is 13.7. The first-order valence-corrected chi connectivity index (χ1v) is 13.7. The lowest BCUT2D eigenvalue weighted by Crippen LogP contribution is -2.62. The van der Waals surface area contributed by atoms with Crippen LogP contribution >= 0.6 is 0 Å². The Morgan fingerprint density at radius 2 is 1.71 bits per heavy atom. The number of rotatable bonds is 1. The number of aliphatic hydroxyl groups excluding tert-OH is 1. The summed E-state index contributed by atoms with van der Waals surface area (Å²) in [6, 6.07) is 11.1. The van der Waals surface area contributed by atoms with Gasteiger partial charge < -0.3 is 29.5 Å². The summed E-state index contributed by atoms with van der Waals surface area (Å²) >= 11 is 0. The van der Waals surface area contributed by atoms with Crippen LogP contribution in [0.4, 0.5) is 0 Å². The smallest absolute Gasteiger partial charge is 0.253 e. The lowest BCUT2D eigenvalue weighted by Gasteiger charge is -2.52. The molecule has 5 aliphatic rings. The Hall–Kier alpha value is -4.47. The van der Waals surface area contributed by atoms with Crippen molar-refractivity contribution in [3.63, 3.8) is 0 Å². The third-order valence-electron chi connectivity index (χ3n) is 9.78. The fraction of sp³-hybridized carbons (Fsp3) is 0.303. The van der Waals surface area contributed by atoms with Crippen molar-refractivity contribution in [3.05, 3.63) is 92.5 Å². The summed E-state index contributed by atoms with van der Waals surface area (Å²) in [4.78, 5) is 42.1. The molecule has 2 aliphatic heterocycles. The van der Waals surface area contributed by atoms with Crippen LogP contribution in [-0.4, -0.2) is 51.5 Å². The van der Waals surface area contributed by atoms with Gasteiger partial charge in [-0.2, -0.15) is 0 Å². The number of benzene rings is 3. The molecule has 0 aromatic heterocycles. The van der Waals surface area contributed by atoms with Crippen LogP contribution in [0.2, 0.25) is 0 Å². The number of hydrogen-bond acceptors (Lipinski definition) is 9. The Kier molecular flexibility index (Phi) is 4.50. The van der Waals surface area contributed by atoms with E-state index in [-0.39, 0.29) is 68.4 Å². The second kappa shape index (κ2) is 7.48. The van der Waals surface area contributed by atoms with Gasteiger partial charge in [0.25, 0.3) is 5.79 Å². The number of methoxy groups -OCH3 is 1. The van der Waals surface area contributed by atoms with Gasteiger partial charge in [0, 0.05) is 34.6 Å². The number of ketones is 3. The molecule has 5 atom stereocenters. The first-order chi connectivity index (χ1) is 19.9. The van der Waals surface area contributed by atoms with Gasteiger partial charge in [-0.05, 0) is 50.6 Å². The molecule has 3 aliphatic carbocycles. The highest BCUT2D eigenvalue weighted by Gasteiger charge is 2.81. The van der Waals surface area contributed by atoms with Crippen LogP contribution in [0.25, 0.3) is 5.76 Å². The number of aromatic hydroxyl groups is 1. The molecule has 3 aromatic rings. The quantitative estimate of drug-likeness (QED) is 0.312. The molecule has 9 heteroatoms. The number of carbonyl (C=O) groups is 3. The second-order valence-electron chi connectivity index (χ2n) is 12.1. The van der Waals surface area contributed by atoms with Crippen LogP contribution in [0.1, 0.15) is 74.4 Å². The summed E-state index contributed by atoms with van der Waals surface area (Å²) in [6.07, 6.45) is -0.984. The third kappa shape index (κ3) is 2.49. The standard InChI is InChI=1S/C33H26O9/c1-13-10-16-22(21(11-13)40-4)27(37)23-15(26(16)36)8-9-18-29(23)42-33-17-6-5-7-19(34)24(17)28(38)25-20(35)12-31(3,39)30(14(2)41-33)32(18,25)33/h5-11,14,30,34,38-39H,12H2,1-4H3/t14-,30+,31+,32?,33+/m0/s1. The number of carbonyl (C=O) groups excluding carboxylic acids is 3. The van der Waals surface area contributed by atoms with E-state index in [1.165, 1.54) is 19.2 Å². The molecule has 212 valence electrons. The lowest BCUT2D eigenvalue weighted by molar-refractivity contribution is -0.190. The average Bonchev–Trinajstić information content (AvgIpc) is 3.35. The van der Waals surface area contributed by atoms with Crippen molar-refractivity contribution in [3.8, 4) is 17.2 Å². The summed E-state index contributed by atoms with van der Waals surface area (Å²) in [5.74, 6) is -4.52. The first kappa shape index (κ1) is 25.3. The molecule has 3 N–H and O–H groups in total. The highest BCUT2D eigenvalue weighted by molar-refractivity contribution is 6.30. The van der Waals surface area contributed by atoms with Crippen LogP contribution in [0, 0.1) is 12.8 Å². The van der Waals surface area contributed by atoms with Crippen LogP contribution in [0.15, 0.2) is 48.0 Å². The van der Waals surface area contributed by atoms with E-state index in [0.717, 1.165) is 5.56 Å². The SMILES string of the molecule is COc1cc(C)cc2c1C(=O)c1c(ccc3c1O[C@@]14O[C@@H](C)[C@H]5C31C(=C(O)c1c(O)cccc14)C(=O)C[C@@]5(C)O)C2=O. The van der Waals surface area contributed by atoms with Gasteiger partial charge in [0.05, 0.1) is 41.1 Å². The van der Waals surface area contributed by atoms with Gasteiger partial charge in [0.15, 0.2) is 11.6 Å². The number of phenolic OH excluding ortho intramolecular Hbond substituents is 1. The lowest BCUT2D eigenvalue weighted by atomic mass is 9.49. The number of aryl methyl sites for hydroxylation is 1. The zero-order valence-electron chi connectivity index (χ0n) is 23.2. The molecule has 8 rings (SSSR count). The minimum atomic E-state index is -1.84. The minimum absolute atomic E-state index is 0.00888. The van der Waals surface area contributed by atoms with E-state index in [4.69, 9.17) is 14.2 Å². The summed E-state index contributed by atoms with van der Waals surface area (Å²) in [7, 11) is 1.42. The summed E-state index contributed by atoms with van der Waals surface area (Å²) in [5.41, 5.74) is -1.49. The normalized spacial score (nSPS) is 31.5. The predicted octanol–water partition coefficient (Wildman–Crippen LogP) is 4.01. The summed E-state index contributed by atoms with van der Waals surface area (Å²) in [6.45, 7) is 5.12. The molecule has 1 saturated heterocycles. The third-order valence-corrected chi connectivity index (χ3v) is 9.78. The van der Waals surface area contributed by atoms with Crippen molar-refractivity contribution in [2.45, 2.75) is 50.1 Å². The van der Waals surface area contributed by atoms with E-state index in [2.05, 4.69) is 0 Å². The van der Waals surface area contributed by atoms with Crippen LogP contribution in [-0.2, 0) is 20.7 Å². The Morgan fingerprint density at radius 1 is 0.952 bits per heavy atom. The predicted molar refractivity (Wildman–Crippen MR) is 147 cm³/mol. The average molecular weight is 567 g/mol. The summed E-state index contributed by atoms with van der Waals surface area (Å²) < 4.78 is 18.9. The molecule has 42 heavy (non-hydrogen) atoms. The van der Waals surface area contributed by atoms with Gasteiger partial charge in [-0.25, -0.2) is 0 Å². The highest BCUT2D eigenvalue weighted by atomic mass is 16.7. The van der Waals surface area contributed by atoms with E-state index < -0.39 is 46.2 Å². The Balaban J connectivity index is 1.51. The molecule has 9 nitrogen and oxygen atoms in total. The maximum absolute atomic E-state index is 14.3. The van der Waals surface area contributed by atoms with Gasteiger partial charge in [-0.3, -0.25) is 14.4 Å². The van der Waals surface area contributed by atoms with Crippen molar-refractivity contribution in [2.24, 2.45) is 5.92 Å². The largest absolute Gasteiger partial charge is 0.507 e. The van der Waals surface area contributed by atoms with Gasteiger partial charge in [-0.15, -0.1) is 0 Å². The molecule has 3 aromatic carbocycles. The Labute approximate surface area is 240 Å². The van der Waals surface area contributed by atoms with Crippen LogP contribution < -0.4 is 9.47 Å². The molecule has 2 heterocycles. The highest BCUT2D eigenvalue weighted by Crippen LogP contribution is 2.74. The molecular weight excluding hydrogens is 540 g/mol. The van der Waals surface area contributed by atoms with Crippen LogP contribution in [0.3, 0.4) is 0 Å². The van der Waals surface area contributed by atoms with E-state index in [1.54, 1.807) is 51.1 Å². The van der Waals surface area contributed by atoms with Gasteiger partial charge in [-0.1, -0.05) is 18.2 Å². The zero-order chi connectivity index (χ0) is 29.7. The number of Topliss-reactive ketones (excluding diaryl/α,β-unsaturated/α-hetero) is 1. The van der Waals surface area contributed by atoms with Crippen molar-refractivity contribution in [1.29, 1.82) is 0 Å². The van der Waals surface area contributed by atoms with Gasteiger partial charge in [0.2, 0.25) is 5.78 Å². The van der Waals surface area contributed by atoms with Crippen molar-refractivity contribution in [1.82, 2.24) is 0 Å². The molecule has 1 spiro atoms. The Bertz CT molecular complexity index is 1900. The maximum Gasteiger partial charge on any atom is 0.253 e. The van der Waals surface area contributed by atoms with Gasteiger partial charge in [0.1, 0.15) is 28.4 Å². The van der Waals surface area contributed by atoms with Crippen molar-refractivity contribution in [2.75, 3.05) is 7.11 Å². The number of aliphatic hydroxyl groups is 2. The topological polar surface area (TPSA) is 140 Å². The van der Waals surface area contributed by atoms with Crippen LogP contribution in [0.5, 0.6) is 17.2 Å². The second-order valence-corrected chi connectivity index (χ2v) is 12.1. The molecule has 1 unspecified atom stereocenters. The van der Waals surface area contributed by atoms with E-state index in [1.807, 2.05) is 0 Å². The fourth-order valence-corrected chi connectivity index (χ4v) is 8.59. The van der Waals surface area contributed by atoms with Gasteiger partial charge >= 0.3 is 0 Å². The zero-order valence-corrected chi connectivity index (χ0v) is 23.2. The summed E-state index contributed by atoms with van der Waals surface area (Å²) in [5, 5.41) is 34.4. The minimum Gasteiger partial charge on any atom is -0.507 e. The van der Waals surface area contributed by atoms with Crippen molar-refractivity contribution >= 4 is 23.1 Å². The Morgan fingerprint density at radius 3 is 2.45 bits per heavy atom. The fourth-order valence-electron chi connectivity index (χ4n) is 8.59. The number of phenols is 1. The number of fused-ring (bicyclic) bond motifs is 5. The maximum atomic E-state index is 14.3. The number of hydrogen-bond donors (Lipinski definition) is 3. The van der Waals surface area contributed by atoms with Crippen molar-refractivity contribution < 1.29 is 43.9 Å². The number of ether oxygens (including phenoxy) is 3. The molecule has 0 amide bonds. The van der Waals surface area contributed by atoms with E-state index in [9.17, 15) is 29.7 Å². The molecule has 0 bridgehead atoms.